The first kappa shape index (κ1) is 19.5. The summed E-state index contributed by atoms with van der Waals surface area (Å²) in [5.41, 5.74) is 2.97. The topological polar surface area (TPSA) is 55.8 Å². The molecule has 0 atom stereocenters. The molecule has 1 aliphatic rings. The lowest BCUT2D eigenvalue weighted by Gasteiger charge is -2.26. The van der Waals surface area contributed by atoms with Gasteiger partial charge in [-0.25, -0.2) is 9.59 Å². The lowest BCUT2D eigenvalue weighted by molar-refractivity contribution is -0.139. The highest BCUT2D eigenvalue weighted by Crippen LogP contribution is 2.41. The second-order valence-corrected chi connectivity index (χ2v) is 6.93. The van der Waals surface area contributed by atoms with Crippen molar-refractivity contribution >= 4 is 49.5 Å². The number of aryl methyl sites for hydroxylation is 1. The summed E-state index contributed by atoms with van der Waals surface area (Å²) in [6.45, 7) is 3.96. The molecule has 1 aliphatic heterocycles. The van der Waals surface area contributed by atoms with E-state index in [1.807, 2.05) is 19.9 Å². The average molecular weight is 471 g/mol. The molecule has 0 aliphatic carbocycles. The molecule has 0 N–H and O–H groups in total. The van der Waals surface area contributed by atoms with E-state index in [-0.39, 0.29) is 11.3 Å². The van der Waals surface area contributed by atoms with Gasteiger partial charge in [-0.2, -0.15) is 0 Å². The largest absolute Gasteiger partial charge is 0.465 e. The summed E-state index contributed by atoms with van der Waals surface area (Å²) in [5.74, 6) is -1.27. The molecule has 132 valence electrons. The van der Waals surface area contributed by atoms with Gasteiger partial charge in [0.25, 0.3) is 0 Å². The maximum absolute atomic E-state index is 12.5. The van der Waals surface area contributed by atoms with Crippen molar-refractivity contribution in [2.75, 3.05) is 19.1 Å². The molecule has 2 rings (SSSR count). The quantitative estimate of drug-likeness (QED) is 0.616. The first-order valence-corrected chi connectivity index (χ1v) is 8.92. The highest BCUT2D eigenvalue weighted by molar-refractivity contribution is 9.11. The van der Waals surface area contributed by atoms with Crippen LogP contribution < -0.4 is 4.90 Å². The zero-order chi connectivity index (χ0) is 18.7. The van der Waals surface area contributed by atoms with Crippen LogP contribution in [0, 0.1) is 13.8 Å². The molecular weight excluding hydrogens is 454 g/mol. The van der Waals surface area contributed by atoms with E-state index in [1.54, 1.807) is 23.3 Å². The minimum Gasteiger partial charge on any atom is -0.465 e. The Hall–Kier alpha value is -1.86. The van der Waals surface area contributed by atoms with Crippen molar-refractivity contribution in [2.24, 2.45) is 0 Å². The summed E-state index contributed by atoms with van der Waals surface area (Å²) in [4.78, 5) is 26.3. The lowest BCUT2D eigenvalue weighted by atomic mass is 10.1. The molecule has 0 saturated carbocycles. The fourth-order valence-electron chi connectivity index (χ4n) is 2.38. The Morgan fingerprint density at radius 3 is 2.28 bits per heavy atom. The minimum atomic E-state index is -0.645. The Balaban J connectivity index is 2.81. The number of ether oxygens (including phenoxy) is 2. The molecule has 0 radical (unpaired) electrons. The minimum absolute atomic E-state index is 0.0732. The van der Waals surface area contributed by atoms with E-state index in [4.69, 9.17) is 9.47 Å². The van der Waals surface area contributed by atoms with Crippen LogP contribution >= 0.6 is 31.9 Å². The van der Waals surface area contributed by atoms with Crippen molar-refractivity contribution in [1.82, 2.24) is 0 Å². The van der Waals surface area contributed by atoms with Crippen LogP contribution in [0.15, 0.2) is 50.7 Å². The summed E-state index contributed by atoms with van der Waals surface area (Å²) < 4.78 is 11.3. The molecule has 0 saturated heterocycles. The number of carbonyl (C=O) groups is 2. The molecule has 0 amide bonds. The third kappa shape index (κ3) is 3.72. The number of halogens is 2. The van der Waals surface area contributed by atoms with Gasteiger partial charge in [0.1, 0.15) is 5.70 Å². The van der Waals surface area contributed by atoms with E-state index in [2.05, 4.69) is 31.9 Å². The van der Waals surface area contributed by atoms with Crippen LogP contribution in [0.5, 0.6) is 0 Å². The number of nitrogens with zero attached hydrogens (tertiary/aromatic N) is 1. The first-order chi connectivity index (χ1) is 11.8. The second-order valence-electron chi connectivity index (χ2n) is 5.28. The van der Waals surface area contributed by atoms with E-state index in [1.165, 1.54) is 20.3 Å². The summed E-state index contributed by atoms with van der Waals surface area (Å²) in [6.07, 6.45) is 6.61. The number of rotatable bonds is 3. The maximum Gasteiger partial charge on any atom is 0.355 e. The Morgan fingerprint density at radius 1 is 1.04 bits per heavy atom. The molecular formula is C18H17Br2NO4. The van der Waals surface area contributed by atoms with Gasteiger partial charge in [-0.1, -0.05) is 6.08 Å². The average Bonchev–Trinajstić information content (AvgIpc) is 2.81. The molecule has 7 heteroatoms. The number of methoxy groups -OCH3 is 2. The Bertz CT molecular complexity index is 825. The Kier molecular flexibility index (Phi) is 6.24. The van der Waals surface area contributed by atoms with Crippen LogP contribution in [-0.2, 0) is 19.1 Å². The van der Waals surface area contributed by atoms with Crippen molar-refractivity contribution in [3.63, 3.8) is 0 Å². The number of esters is 2. The zero-order valence-corrected chi connectivity index (χ0v) is 17.4. The van der Waals surface area contributed by atoms with Gasteiger partial charge in [-0.05, 0) is 75.1 Å². The number of hydrogen-bond donors (Lipinski definition) is 0. The number of carbonyl (C=O) groups excluding carboxylic acids is 2. The van der Waals surface area contributed by atoms with Gasteiger partial charge in [0, 0.05) is 15.1 Å². The summed E-state index contributed by atoms with van der Waals surface area (Å²) in [6, 6.07) is 1.95. The first-order valence-electron chi connectivity index (χ1n) is 7.33. The van der Waals surface area contributed by atoms with Gasteiger partial charge in [-0.15, -0.1) is 0 Å². The maximum atomic E-state index is 12.5. The predicted octanol–water partition coefficient (Wildman–Crippen LogP) is 4.32. The van der Waals surface area contributed by atoms with Gasteiger partial charge in [-0.3, -0.25) is 0 Å². The van der Waals surface area contributed by atoms with Crippen molar-refractivity contribution < 1.29 is 19.1 Å². The van der Waals surface area contributed by atoms with E-state index < -0.39 is 11.9 Å². The lowest BCUT2D eigenvalue weighted by Crippen LogP contribution is -2.27. The van der Waals surface area contributed by atoms with Crippen molar-refractivity contribution in [1.29, 1.82) is 0 Å². The van der Waals surface area contributed by atoms with Gasteiger partial charge in [0.05, 0.1) is 25.5 Å². The second kappa shape index (κ2) is 8.01. The third-order valence-electron chi connectivity index (χ3n) is 3.83. The fourth-order valence-corrected chi connectivity index (χ4v) is 4.10. The van der Waals surface area contributed by atoms with Crippen molar-refractivity contribution in [3.05, 3.63) is 61.8 Å². The molecule has 0 spiro atoms. The molecule has 1 aromatic carbocycles. The van der Waals surface area contributed by atoms with E-state index in [9.17, 15) is 9.59 Å². The monoisotopic (exact) mass is 469 g/mol. The molecule has 1 heterocycles. The molecule has 0 bridgehead atoms. The van der Waals surface area contributed by atoms with E-state index in [0.29, 0.717) is 5.69 Å². The third-order valence-corrected chi connectivity index (χ3v) is 5.40. The molecule has 0 aromatic heterocycles. The number of allylic oxidation sites excluding steroid dienone is 2. The van der Waals surface area contributed by atoms with Gasteiger partial charge >= 0.3 is 11.9 Å². The van der Waals surface area contributed by atoms with Crippen LogP contribution in [0.1, 0.15) is 11.1 Å². The van der Waals surface area contributed by atoms with Crippen molar-refractivity contribution in [2.45, 2.75) is 13.8 Å². The SMILES string of the molecule is COC(=O)C1=C(C(=O)OC)N(c2c(Br)cc(C)c(C)c2Br)C=CC=C1. The van der Waals surface area contributed by atoms with E-state index in [0.717, 1.165) is 20.1 Å². The predicted molar refractivity (Wildman–Crippen MR) is 103 cm³/mol. The highest BCUT2D eigenvalue weighted by Gasteiger charge is 2.30. The van der Waals surface area contributed by atoms with Gasteiger partial charge in [0.15, 0.2) is 0 Å². The summed E-state index contributed by atoms with van der Waals surface area (Å²) in [7, 11) is 2.54. The molecule has 0 unspecified atom stereocenters. The smallest absolute Gasteiger partial charge is 0.355 e. The summed E-state index contributed by atoms with van der Waals surface area (Å²) in [5, 5.41) is 0. The highest BCUT2D eigenvalue weighted by atomic mass is 79.9. The molecule has 5 nitrogen and oxygen atoms in total. The standard InChI is InChI=1S/C18H17Br2NO4/c1-10-9-13(19)16(14(20)11(10)2)21-8-6-5-7-12(17(22)24-3)15(21)18(23)25-4/h5-9H,1-4H3. The Morgan fingerprint density at radius 2 is 1.68 bits per heavy atom. The van der Waals surface area contributed by atoms with Crippen LogP contribution in [-0.4, -0.2) is 26.2 Å². The zero-order valence-electron chi connectivity index (χ0n) is 14.2. The van der Waals surface area contributed by atoms with Gasteiger partial charge < -0.3 is 14.4 Å². The Labute approximate surface area is 163 Å². The fraction of sp³-hybridized carbons (Fsp3) is 0.222. The van der Waals surface area contributed by atoms with Gasteiger partial charge in [0.2, 0.25) is 0 Å². The number of benzene rings is 1. The van der Waals surface area contributed by atoms with Crippen molar-refractivity contribution in [3.8, 4) is 0 Å². The molecule has 25 heavy (non-hydrogen) atoms. The molecule has 1 aromatic rings. The molecule has 0 fully saturated rings. The van der Waals surface area contributed by atoms with Crippen LogP contribution in [0.2, 0.25) is 0 Å². The number of hydrogen-bond acceptors (Lipinski definition) is 5. The van der Waals surface area contributed by atoms with E-state index >= 15 is 0 Å². The normalized spacial score (nSPS) is 13.8. The summed E-state index contributed by atoms with van der Waals surface area (Å²) >= 11 is 7.15. The van der Waals surface area contributed by atoms with Crippen LogP contribution in [0.4, 0.5) is 5.69 Å². The van der Waals surface area contributed by atoms with Crippen LogP contribution in [0.3, 0.4) is 0 Å². The number of anilines is 1. The van der Waals surface area contributed by atoms with Crippen LogP contribution in [0.25, 0.3) is 0 Å².